The largest absolute Gasteiger partial charge is 0.507 e. The smallest absolute Gasteiger partial charge is 0.339 e. The quantitative estimate of drug-likeness (QED) is 0.605. The Morgan fingerprint density at radius 2 is 1.70 bits per heavy atom. The van der Waals surface area contributed by atoms with Crippen LogP contribution in [0.15, 0.2) is 47.4 Å². The number of carbonyl (C=O) groups is 1. The third kappa shape index (κ3) is 5.29. The first-order chi connectivity index (χ1) is 12.8. The lowest BCUT2D eigenvalue weighted by Crippen LogP contribution is -2.26. The van der Waals surface area contributed by atoms with E-state index in [-0.39, 0.29) is 11.4 Å². The van der Waals surface area contributed by atoms with Gasteiger partial charge in [-0.1, -0.05) is 38.1 Å². The predicted octanol–water partition coefficient (Wildman–Crippen LogP) is 2.41. The minimum atomic E-state index is -3.93. The Bertz CT molecular complexity index is 908. The number of phenols is 1. The summed E-state index contributed by atoms with van der Waals surface area (Å²) in [6, 6.07) is 10.8. The maximum atomic E-state index is 12.5. The Morgan fingerprint density at radius 3 is 2.30 bits per heavy atom. The third-order valence-corrected chi connectivity index (χ3v) is 5.77. The summed E-state index contributed by atoms with van der Waals surface area (Å²) in [5.41, 5.74) is 1.42. The molecule has 0 radical (unpaired) electrons. The number of carboxylic acid groups (broad SMARTS) is 1. The second-order valence-electron chi connectivity index (χ2n) is 6.04. The molecule has 0 saturated heterocycles. The van der Waals surface area contributed by atoms with Crippen molar-refractivity contribution in [1.82, 2.24) is 9.62 Å². The minimum Gasteiger partial charge on any atom is -0.507 e. The zero-order valence-electron chi connectivity index (χ0n) is 15.3. The Balaban J connectivity index is 2.21. The molecule has 2 aromatic carbocycles. The molecule has 3 N–H and O–H groups in total. The molecule has 0 atom stereocenters. The molecule has 0 aliphatic rings. The molecule has 2 rings (SSSR count). The first-order valence-electron chi connectivity index (χ1n) is 8.63. The number of nitrogens with zero attached hydrogens (tertiary/aromatic N) is 1. The second kappa shape index (κ2) is 8.98. The van der Waals surface area contributed by atoms with Gasteiger partial charge in [-0.3, -0.25) is 4.90 Å². The molecule has 0 saturated carbocycles. The van der Waals surface area contributed by atoms with Crippen LogP contribution < -0.4 is 4.72 Å². The highest BCUT2D eigenvalue weighted by atomic mass is 32.2. The molecule has 0 heterocycles. The Labute approximate surface area is 159 Å². The summed E-state index contributed by atoms with van der Waals surface area (Å²) in [6.07, 6.45) is 0. The molecule has 2 aromatic rings. The lowest BCUT2D eigenvalue weighted by atomic mass is 10.1. The van der Waals surface area contributed by atoms with Crippen LogP contribution in [0.2, 0.25) is 0 Å². The molecule has 0 unspecified atom stereocenters. The molecule has 27 heavy (non-hydrogen) atoms. The van der Waals surface area contributed by atoms with E-state index in [4.69, 9.17) is 5.11 Å². The fourth-order valence-electron chi connectivity index (χ4n) is 2.68. The molecule has 7 nitrogen and oxygen atoms in total. The first-order valence-corrected chi connectivity index (χ1v) is 10.1. The van der Waals surface area contributed by atoms with Crippen LogP contribution in [-0.4, -0.2) is 42.6 Å². The van der Waals surface area contributed by atoms with Crippen LogP contribution in [0.3, 0.4) is 0 Å². The van der Waals surface area contributed by atoms with Gasteiger partial charge in [0, 0.05) is 13.1 Å². The van der Waals surface area contributed by atoms with Crippen LogP contribution in [0.4, 0.5) is 0 Å². The van der Waals surface area contributed by atoms with Gasteiger partial charge in [0.05, 0.1) is 4.90 Å². The average molecular weight is 392 g/mol. The predicted molar refractivity (Wildman–Crippen MR) is 102 cm³/mol. The van der Waals surface area contributed by atoms with Crippen LogP contribution in [-0.2, 0) is 23.1 Å². The summed E-state index contributed by atoms with van der Waals surface area (Å²) >= 11 is 0. The fourth-order valence-corrected chi connectivity index (χ4v) is 3.71. The number of aromatic carboxylic acids is 1. The van der Waals surface area contributed by atoms with Crippen molar-refractivity contribution in [3.63, 3.8) is 0 Å². The van der Waals surface area contributed by atoms with Gasteiger partial charge in [-0.25, -0.2) is 17.9 Å². The monoisotopic (exact) mass is 392 g/mol. The van der Waals surface area contributed by atoms with Crippen LogP contribution in [0.5, 0.6) is 5.75 Å². The summed E-state index contributed by atoms with van der Waals surface area (Å²) in [7, 11) is -3.93. The van der Waals surface area contributed by atoms with Crippen LogP contribution in [0, 0.1) is 0 Å². The number of hydrogen-bond acceptors (Lipinski definition) is 5. The second-order valence-corrected chi connectivity index (χ2v) is 7.81. The van der Waals surface area contributed by atoms with E-state index >= 15 is 0 Å². The van der Waals surface area contributed by atoms with Crippen LogP contribution >= 0.6 is 0 Å². The van der Waals surface area contributed by atoms with Crippen molar-refractivity contribution >= 4 is 16.0 Å². The van der Waals surface area contributed by atoms with Crippen molar-refractivity contribution in [2.45, 2.75) is 31.8 Å². The first kappa shape index (κ1) is 20.9. The number of hydrogen-bond donors (Lipinski definition) is 3. The van der Waals surface area contributed by atoms with Crippen LogP contribution in [0.1, 0.15) is 35.3 Å². The molecule has 0 aromatic heterocycles. The molecule has 0 aliphatic carbocycles. The Hall–Kier alpha value is -2.42. The summed E-state index contributed by atoms with van der Waals surface area (Å²) < 4.78 is 27.6. The van der Waals surface area contributed by atoms with Gasteiger partial charge in [0.15, 0.2) is 0 Å². The summed E-state index contributed by atoms with van der Waals surface area (Å²) in [5, 5.41) is 18.6. The van der Waals surface area contributed by atoms with Gasteiger partial charge >= 0.3 is 5.97 Å². The number of sulfonamides is 1. The summed E-state index contributed by atoms with van der Waals surface area (Å²) in [6.45, 7) is 6.72. The lowest BCUT2D eigenvalue weighted by molar-refractivity contribution is 0.0693. The van der Waals surface area contributed by atoms with Gasteiger partial charge in [-0.05, 0) is 42.4 Å². The van der Waals surface area contributed by atoms with Gasteiger partial charge < -0.3 is 10.2 Å². The van der Waals surface area contributed by atoms with E-state index in [1.54, 1.807) is 0 Å². The molecular formula is C19H24N2O5S. The fraction of sp³-hybridized carbons (Fsp3) is 0.316. The van der Waals surface area contributed by atoms with Crippen molar-refractivity contribution in [1.29, 1.82) is 0 Å². The summed E-state index contributed by atoms with van der Waals surface area (Å²) in [5.74, 6) is -1.87. The number of benzene rings is 2. The molecule has 8 heteroatoms. The van der Waals surface area contributed by atoms with E-state index in [0.717, 1.165) is 36.3 Å². The zero-order valence-corrected chi connectivity index (χ0v) is 16.2. The standard InChI is InChI=1S/C19H24N2O5S/c1-3-21(4-2)13-15-8-6-5-7-14(15)12-20-27(25,26)16-9-10-18(22)17(11-16)19(23)24/h5-11,20,22H,3-4,12-13H2,1-2H3,(H,23,24). The molecular weight excluding hydrogens is 368 g/mol. The lowest BCUT2D eigenvalue weighted by Gasteiger charge is -2.20. The topological polar surface area (TPSA) is 107 Å². The zero-order chi connectivity index (χ0) is 20.0. The maximum absolute atomic E-state index is 12.5. The molecule has 0 aliphatic heterocycles. The van der Waals surface area contributed by atoms with Gasteiger partial charge in [0.25, 0.3) is 0 Å². The molecule has 0 bridgehead atoms. The van der Waals surface area contributed by atoms with Gasteiger partial charge in [-0.2, -0.15) is 0 Å². The van der Waals surface area contributed by atoms with Crippen LogP contribution in [0.25, 0.3) is 0 Å². The highest BCUT2D eigenvalue weighted by Crippen LogP contribution is 2.21. The molecule has 0 spiro atoms. The van der Waals surface area contributed by atoms with Crippen molar-refractivity contribution in [3.8, 4) is 5.75 Å². The maximum Gasteiger partial charge on any atom is 0.339 e. The number of nitrogens with one attached hydrogen (secondary N) is 1. The van der Waals surface area contributed by atoms with E-state index in [2.05, 4.69) is 23.5 Å². The minimum absolute atomic E-state index is 0.0864. The number of rotatable bonds is 9. The number of aromatic hydroxyl groups is 1. The molecule has 0 fully saturated rings. The van der Waals surface area contributed by atoms with Gasteiger partial charge in [-0.15, -0.1) is 0 Å². The van der Waals surface area contributed by atoms with Crippen molar-refractivity contribution in [2.75, 3.05) is 13.1 Å². The van der Waals surface area contributed by atoms with E-state index in [9.17, 15) is 18.3 Å². The van der Waals surface area contributed by atoms with Crippen molar-refractivity contribution < 1.29 is 23.4 Å². The molecule has 0 amide bonds. The van der Waals surface area contributed by atoms with Gasteiger partial charge in [0.2, 0.25) is 10.0 Å². The normalized spacial score (nSPS) is 11.7. The van der Waals surface area contributed by atoms with E-state index < -0.39 is 27.3 Å². The van der Waals surface area contributed by atoms with Gasteiger partial charge in [0.1, 0.15) is 11.3 Å². The molecule has 146 valence electrons. The number of carboxylic acids is 1. The Kier molecular flexibility index (Phi) is 6.95. The van der Waals surface area contributed by atoms with E-state index in [0.29, 0.717) is 6.54 Å². The Morgan fingerprint density at radius 1 is 1.07 bits per heavy atom. The SMILES string of the molecule is CCN(CC)Cc1ccccc1CNS(=O)(=O)c1ccc(O)c(C(=O)O)c1. The average Bonchev–Trinajstić information content (AvgIpc) is 2.65. The third-order valence-electron chi connectivity index (χ3n) is 4.37. The van der Waals surface area contributed by atoms with Crippen molar-refractivity contribution in [2.24, 2.45) is 0 Å². The highest BCUT2D eigenvalue weighted by Gasteiger charge is 2.19. The van der Waals surface area contributed by atoms with Crippen molar-refractivity contribution in [3.05, 3.63) is 59.2 Å². The van der Waals surface area contributed by atoms with E-state index in [1.165, 1.54) is 6.07 Å². The summed E-state index contributed by atoms with van der Waals surface area (Å²) in [4.78, 5) is 13.1. The van der Waals surface area contributed by atoms with E-state index in [1.807, 2.05) is 24.3 Å². The highest BCUT2D eigenvalue weighted by molar-refractivity contribution is 7.89.